The first kappa shape index (κ1) is 12.6. The zero-order chi connectivity index (χ0) is 13.5. The normalized spacial score (nSPS) is 10.1. The number of benzene rings is 2. The van der Waals surface area contributed by atoms with Crippen LogP contribution in [0.25, 0.3) is 6.08 Å². The Labute approximate surface area is 111 Å². The van der Waals surface area contributed by atoms with Crippen LogP contribution < -0.4 is 5.32 Å². The fourth-order valence-corrected chi connectivity index (χ4v) is 1.55. The Bertz CT molecular complexity index is 622. The van der Waals surface area contributed by atoms with Crippen LogP contribution in [0.2, 0.25) is 0 Å². The summed E-state index contributed by atoms with van der Waals surface area (Å²) in [4.78, 5) is 11.7. The quantitative estimate of drug-likeness (QED) is 0.848. The van der Waals surface area contributed by atoms with Gasteiger partial charge in [0, 0.05) is 11.8 Å². The number of carbonyl (C=O) groups excluding carboxylic acids is 1. The number of hydrogen-bond donors (Lipinski definition) is 1. The molecule has 0 unspecified atom stereocenters. The summed E-state index contributed by atoms with van der Waals surface area (Å²) in [6.45, 7) is 0. The molecule has 0 aliphatic heterocycles. The molecule has 0 aromatic heterocycles. The van der Waals surface area contributed by atoms with Gasteiger partial charge in [0.05, 0.1) is 11.6 Å². The summed E-state index contributed by atoms with van der Waals surface area (Å²) in [5, 5.41) is 11.4. The number of rotatable bonds is 3. The summed E-state index contributed by atoms with van der Waals surface area (Å²) in [6.07, 6.45) is 3.23. The summed E-state index contributed by atoms with van der Waals surface area (Å²) in [7, 11) is 0. The van der Waals surface area contributed by atoms with Crippen molar-refractivity contribution < 1.29 is 4.79 Å². The Morgan fingerprint density at radius 1 is 1.05 bits per heavy atom. The molecule has 1 N–H and O–H groups in total. The average molecular weight is 248 g/mol. The van der Waals surface area contributed by atoms with E-state index in [1.54, 1.807) is 30.3 Å². The average Bonchev–Trinajstić information content (AvgIpc) is 2.47. The van der Waals surface area contributed by atoms with E-state index in [2.05, 4.69) is 5.32 Å². The first-order chi connectivity index (χ1) is 9.28. The number of nitrogens with one attached hydrogen (secondary N) is 1. The number of hydrogen-bond acceptors (Lipinski definition) is 2. The van der Waals surface area contributed by atoms with E-state index in [9.17, 15) is 4.79 Å². The fourth-order valence-electron chi connectivity index (χ4n) is 1.55. The van der Waals surface area contributed by atoms with Gasteiger partial charge in [-0.15, -0.1) is 0 Å². The molecule has 0 spiro atoms. The van der Waals surface area contributed by atoms with E-state index in [4.69, 9.17) is 5.26 Å². The minimum Gasteiger partial charge on any atom is -0.323 e. The molecular formula is C16H12N2O. The Morgan fingerprint density at radius 2 is 1.74 bits per heavy atom. The largest absolute Gasteiger partial charge is 0.323 e. The Hall–Kier alpha value is -2.86. The minimum absolute atomic E-state index is 0.200. The van der Waals surface area contributed by atoms with Crippen molar-refractivity contribution in [1.29, 1.82) is 5.26 Å². The van der Waals surface area contributed by atoms with Crippen molar-refractivity contribution in [2.45, 2.75) is 0 Å². The van der Waals surface area contributed by atoms with Gasteiger partial charge in [-0.25, -0.2) is 0 Å². The molecule has 2 aromatic rings. The molecule has 3 nitrogen and oxygen atoms in total. The first-order valence-electron chi connectivity index (χ1n) is 5.82. The van der Waals surface area contributed by atoms with Crippen molar-refractivity contribution in [3.05, 3.63) is 71.8 Å². The van der Waals surface area contributed by atoms with E-state index in [0.29, 0.717) is 11.3 Å². The lowest BCUT2D eigenvalue weighted by molar-refractivity contribution is -0.111. The highest BCUT2D eigenvalue weighted by Gasteiger charge is 1.97. The molecule has 0 fully saturated rings. The lowest BCUT2D eigenvalue weighted by atomic mass is 10.2. The van der Waals surface area contributed by atoms with E-state index in [1.165, 1.54) is 6.08 Å². The molecule has 0 atom stereocenters. The third-order valence-corrected chi connectivity index (χ3v) is 2.51. The lowest BCUT2D eigenvalue weighted by Gasteiger charge is -2.01. The number of amides is 1. The van der Waals surface area contributed by atoms with Crippen molar-refractivity contribution in [2.75, 3.05) is 5.32 Å². The highest BCUT2D eigenvalue weighted by molar-refractivity contribution is 6.01. The van der Waals surface area contributed by atoms with E-state index in [1.807, 2.05) is 36.4 Å². The van der Waals surface area contributed by atoms with E-state index < -0.39 is 0 Å². The summed E-state index contributed by atoms with van der Waals surface area (Å²) in [5.41, 5.74) is 2.21. The van der Waals surface area contributed by atoms with Crippen LogP contribution >= 0.6 is 0 Å². The Balaban J connectivity index is 1.98. The number of anilines is 1. The van der Waals surface area contributed by atoms with Crippen molar-refractivity contribution in [1.82, 2.24) is 0 Å². The van der Waals surface area contributed by atoms with E-state index in [0.717, 1.165) is 5.56 Å². The molecule has 92 valence electrons. The third-order valence-electron chi connectivity index (χ3n) is 2.51. The van der Waals surface area contributed by atoms with Crippen molar-refractivity contribution >= 4 is 17.7 Å². The van der Waals surface area contributed by atoms with Crippen LogP contribution in [0.5, 0.6) is 0 Å². The van der Waals surface area contributed by atoms with Gasteiger partial charge >= 0.3 is 0 Å². The fraction of sp³-hybridized carbons (Fsp3) is 0. The summed E-state index contributed by atoms with van der Waals surface area (Å²) >= 11 is 0. The zero-order valence-corrected chi connectivity index (χ0v) is 10.2. The van der Waals surface area contributed by atoms with Crippen LogP contribution in [0.3, 0.4) is 0 Å². The maximum Gasteiger partial charge on any atom is 0.248 e. The molecule has 19 heavy (non-hydrogen) atoms. The summed E-state index contributed by atoms with van der Waals surface area (Å²) < 4.78 is 0. The molecule has 0 radical (unpaired) electrons. The van der Waals surface area contributed by atoms with Gasteiger partial charge in [-0.3, -0.25) is 4.79 Å². The standard InChI is InChI=1S/C16H12N2O/c17-12-14-6-9-15(10-7-14)18-16(19)11-8-13-4-2-1-3-5-13/h1-11H,(H,18,19)/b11-8-. The molecular weight excluding hydrogens is 236 g/mol. The predicted octanol–water partition coefficient (Wildman–Crippen LogP) is 3.21. The Morgan fingerprint density at radius 3 is 2.37 bits per heavy atom. The maximum absolute atomic E-state index is 11.7. The maximum atomic E-state index is 11.7. The zero-order valence-electron chi connectivity index (χ0n) is 10.2. The molecule has 0 heterocycles. The second kappa shape index (κ2) is 6.18. The van der Waals surface area contributed by atoms with E-state index in [-0.39, 0.29) is 5.91 Å². The molecule has 0 saturated heterocycles. The highest BCUT2D eigenvalue weighted by atomic mass is 16.1. The van der Waals surface area contributed by atoms with Gasteiger partial charge in [0.1, 0.15) is 0 Å². The van der Waals surface area contributed by atoms with Crippen molar-refractivity contribution in [3.63, 3.8) is 0 Å². The molecule has 2 aromatic carbocycles. The van der Waals surface area contributed by atoms with Gasteiger partial charge in [0.2, 0.25) is 5.91 Å². The molecule has 3 heteroatoms. The van der Waals surface area contributed by atoms with Crippen molar-refractivity contribution in [3.8, 4) is 6.07 Å². The summed E-state index contributed by atoms with van der Waals surface area (Å²) in [6, 6.07) is 18.4. The van der Waals surface area contributed by atoms with Crippen LogP contribution in [0, 0.1) is 11.3 Å². The third kappa shape index (κ3) is 3.83. The molecule has 1 amide bonds. The second-order valence-corrected chi connectivity index (χ2v) is 3.92. The van der Waals surface area contributed by atoms with Gasteiger partial charge < -0.3 is 5.32 Å². The number of nitrogens with zero attached hydrogens (tertiary/aromatic N) is 1. The van der Waals surface area contributed by atoms with Crippen LogP contribution in [-0.4, -0.2) is 5.91 Å². The van der Waals surface area contributed by atoms with Gasteiger partial charge in [-0.05, 0) is 35.9 Å². The van der Waals surface area contributed by atoms with E-state index >= 15 is 0 Å². The van der Waals surface area contributed by atoms with Crippen LogP contribution in [0.1, 0.15) is 11.1 Å². The molecule has 0 saturated carbocycles. The Kier molecular flexibility index (Phi) is 4.09. The van der Waals surface area contributed by atoms with Gasteiger partial charge in [0.25, 0.3) is 0 Å². The topological polar surface area (TPSA) is 52.9 Å². The smallest absolute Gasteiger partial charge is 0.248 e. The molecule has 0 aliphatic rings. The first-order valence-corrected chi connectivity index (χ1v) is 5.82. The molecule has 2 rings (SSSR count). The van der Waals surface area contributed by atoms with Crippen molar-refractivity contribution in [2.24, 2.45) is 0 Å². The lowest BCUT2D eigenvalue weighted by Crippen LogP contribution is -2.07. The number of carbonyl (C=O) groups is 1. The number of nitriles is 1. The summed E-state index contributed by atoms with van der Waals surface area (Å²) in [5.74, 6) is -0.200. The molecule has 0 bridgehead atoms. The van der Waals surface area contributed by atoms with Crippen LogP contribution in [0.4, 0.5) is 5.69 Å². The monoisotopic (exact) mass is 248 g/mol. The second-order valence-electron chi connectivity index (χ2n) is 3.92. The highest BCUT2D eigenvalue weighted by Crippen LogP contribution is 2.09. The minimum atomic E-state index is -0.200. The van der Waals surface area contributed by atoms with Crippen LogP contribution in [0.15, 0.2) is 60.7 Å². The van der Waals surface area contributed by atoms with Gasteiger partial charge in [-0.2, -0.15) is 5.26 Å². The van der Waals surface area contributed by atoms with Gasteiger partial charge in [0.15, 0.2) is 0 Å². The predicted molar refractivity (Wildman–Crippen MR) is 75.3 cm³/mol. The van der Waals surface area contributed by atoms with Gasteiger partial charge in [-0.1, -0.05) is 30.3 Å². The molecule has 0 aliphatic carbocycles. The van der Waals surface area contributed by atoms with Crippen LogP contribution in [-0.2, 0) is 4.79 Å². The SMILES string of the molecule is N#Cc1ccc(NC(=O)/C=C\c2ccccc2)cc1.